The molecule has 0 nitrogen and oxygen atoms in total. The Balaban J connectivity index is 3.04. The zero-order valence-corrected chi connectivity index (χ0v) is 6.43. The Bertz CT molecular complexity index is 88.2. The molecule has 0 aliphatic carbocycles. The molecule has 0 rings (SSSR count). The molecule has 0 aromatic heterocycles. The first-order valence-corrected chi connectivity index (χ1v) is 3.68. The molecule has 0 aromatic carbocycles. The van der Waals surface area contributed by atoms with Crippen LogP contribution in [0.15, 0.2) is 24.3 Å². The lowest BCUT2D eigenvalue weighted by atomic mass is 10.3. The van der Waals surface area contributed by atoms with Crippen LogP contribution in [0.4, 0.5) is 0 Å². The SMILES string of the molecule is C/C=C\C/C=C/CCC. The summed E-state index contributed by atoms with van der Waals surface area (Å²) in [6.45, 7) is 4.24. The highest BCUT2D eigenvalue weighted by atomic mass is 13.8. The molecular weight excluding hydrogens is 108 g/mol. The predicted molar refractivity (Wildman–Crippen MR) is 43.5 cm³/mol. The van der Waals surface area contributed by atoms with Crippen LogP contribution >= 0.6 is 0 Å². The number of hydrogen-bond donors (Lipinski definition) is 0. The molecular formula is C9H16. The van der Waals surface area contributed by atoms with Crippen LogP contribution < -0.4 is 0 Å². The lowest BCUT2D eigenvalue weighted by Gasteiger charge is -1.81. The molecule has 0 radical (unpaired) electrons. The van der Waals surface area contributed by atoms with Gasteiger partial charge in [-0.2, -0.15) is 0 Å². The van der Waals surface area contributed by atoms with Crippen molar-refractivity contribution in [3.63, 3.8) is 0 Å². The highest BCUT2D eigenvalue weighted by Crippen LogP contribution is 1.91. The molecule has 9 heavy (non-hydrogen) atoms. The van der Waals surface area contributed by atoms with Crippen molar-refractivity contribution in [2.75, 3.05) is 0 Å². The van der Waals surface area contributed by atoms with Crippen molar-refractivity contribution in [1.82, 2.24) is 0 Å². The van der Waals surface area contributed by atoms with Gasteiger partial charge in [-0.15, -0.1) is 0 Å². The van der Waals surface area contributed by atoms with Crippen molar-refractivity contribution in [2.24, 2.45) is 0 Å². The zero-order chi connectivity index (χ0) is 6.95. The Kier molecular flexibility index (Phi) is 7.05. The number of allylic oxidation sites excluding steroid dienone is 4. The minimum absolute atomic E-state index is 1.09. The van der Waals surface area contributed by atoms with E-state index in [9.17, 15) is 0 Å². The highest BCUT2D eigenvalue weighted by molar-refractivity contribution is 4.90. The lowest BCUT2D eigenvalue weighted by Crippen LogP contribution is -1.61. The quantitative estimate of drug-likeness (QED) is 0.504. The summed E-state index contributed by atoms with van der Waals surface area (Å²) in [6, 6.07) is 0. The van der Waals surface area contributed by atoms with E-state index < -0.39 is 0 Å². The topological polar surface area (TPSA) is 0 Å². The second kappa shape index (κ2) is 7.48. The van der Waals surface area contributed by atoms with E-state index in [1.165, 1.54) is 12.8 Å². The number of unbranched alkanes of at least 4 members (excludes halogenated alkanes) is 1. The fraction of sp³-hybridized carbons (Fsp3) is 0.556. The minimum Gasteiger partial charge on any atom is -0.0914 e. The van der Waals surface area contributed by atoms with E-state index in [1.807, 2.05) is 6.92 Å². The van der Waals surface area contributed by atoms with Gasteiger partial charge in [0.2, 0.25) is 0 Å². The van der Waals surface area contributed by atoms with Crippen molar-refractivity contribution in [3.8, 4) is 0 Å². The van der Waals surface area contributed by atoms with E-state index in [0.29, 0.717) is 0 Å². The van der Waals surface area contributed by atoms with Gasteiger partial charge in [0, 0.05) is 0 Å². The third-order valence-corrected chi connectivity index (χ3v) is 1.13. The molecule has 0 aromatic rings. The van der Waals surface area contributed by atoms with Crippen molar-refractivity contribution in [3.05, 3.63) is 24.3 Å². The first kappa shape index (κ1) is 8.48. The fourth-order valence-corrected chi connectivity index (χ4v) is 0.595. The van der Waals surface area contributed by atoms with Crippen LogP contribution in [-0.2, 0) is 0 Å². The number of hydrogen-bond acceptors (Lipinski definition) is 0. The molecule has 0 heterocycles. The molecule has 0 saturated carbocycles. The Labute approximate surface area is 58.3 Å². The first-order valence-electron chi connectivity index (χ1n) is 3.68. The molecule has 52 valence electrons. The average Bonchev–Trinajstić information content (AvgIpc) is 1.89. The summed E-state index contributed by atoms with van der Waals surface area (Å²) < 4.78 is 0. The molecule has 0 heteroatoms. The van der Waals surface area contributed by atoms with E-state index >= 15 is 0 Å². The first-order chi connectivity index (χ1) is 4.41. The molecule has 0 atom stereocenters. The molecule has 0 saturated heterocycles. The lowest BCUT2D eigenvalue weighted by molar-refractivity contribution is 0.954. The van der Waals surface area contributed by atoms with E-state index in [-0.39, 0.29) is 0 Å². The van der Waals surface area contributed by atoms with Crippen molar-refractivity contribution >= 4 is 0 Å². The fourth-order valence-electron chi connectivity index (χ4n) is 0.595. The van der Waals surface area contributed by atoms with Crippen LogP contribution in [0.5, 0.6) is 0 Å². The van der Waals surface area contributed by atoms with Crippen molar-refractivity contribution < 1.29 is 0 Å². The third-order valence-electron chi connectivity index (χ3n) is 1.13. The normalized spacial score (nSPS) is 11.8. The molecule has 0 spiro atoms. The van der Waals surface area contributed by atoms with Gasteiger partial charge in [-0.1, -0.05) is 37.6 Å². The maximum Gasteiger partial charge on any atom is -0.0169 e. The molecule has 0 amide bonds. The number of rotatable bonds is 4. The molecule has 0 aliphatic rings. The molecule has 0 N–H and O–H groups in total. The van der Waals surface area contributed by atoms with Crippen LogP contribution in [-0.4, -0.2) is 0 Å². The highest BCUT2D eigenvalue weighted by Gasteiger charge is 1.70. The van der Waals surface area contributed by atoms with Gasteiger partial charge in [-0.25, -0.2) is 0 Å². The van der Waals surface area contributed by atoms with E-state index in [0.717, 1.165) is 6.42 Å². The van der Waals surface area contributed by atoms with Crippen molar-refractivity contribution in [1.29, 1.82) is 0 Å². The standard InChI is InChI=1S/C9H16/c1-3-5-7-9-8-6-4-2/h3,5,8-9H,4,6-7H2,1-2H3/b5-3-,9-8+. The van der Waals surface area contributed by atoms with Crippen LogP contribution in [0.1, 0.15) is 33.1 Å². The molecule has 0 unspecified atom stereocenters. The second-order valence-corrected chi connectivity index (χ2v) is 2.06. The summed E-state index contributed by atoms with van der Waals surface area (Å²) in [5.41, 5.74) is 0. The van der Waals surface area contributed by atoms with Gasteiger partial charge in [-0.05, 0) is 19.8 Å². The summed E-state index contributed by atoms with van der Waals surface area (Å²) in [5.74, 6) is 0. The van der Waals surface area contributed by atoms with Crippen molar-refractivity contribution in [2.45, 2.75) is 33.1 Å². The summed E-state index contributed by atoms with van der Waals surface area (Å²) in [7, 11) is 0. The maximum absolute atomic E-state index is 2.24. The van der Waals surface area contributed by atoms with Gasteiger partial charge in [0.25, 0.3) is 0 Å². The Morgan fingerprint density at radius 3 is 2.44 bits per heavy atom. The minimum atomic E-state index is 1.09. The summed E-state index contributed by atoms with van der Waals surface area (Å²) in [4.78, 5) is 0. The Morgan fingerprint density at radius 2 is 1.89 bits per heavy atom. The third kappa shape index (κ3) is 7.48. The van der Waals surface area contributed by atoms with Gasteiger partial charge in [0.15, 0.2) is 0 Å². The Hall–Kier alpha value is -0.520. The molecule has 0 fully saturated rings. The van der Waals surface area contributed by atoms with Gasteiger partial charge in [0.1, 0.15) is 0 Å². The predicted octanol–water partition coefficient (Wildman–Crippen LogP) is 3.31. The van der Waals surface area contributed by atoms with E-state index in [2.05, 4.69) is 31.2 Å². The van der Waals surface area contributed by atoms with Gasteiger partial charge in [0.05, 0.1) is 0 Å². The Morgan fingerprint density at radius 1 is 1.11 bits per heavy atom. The summed E-state index contributed by atoms with van der Waals surface area (Å²) in [5, 5.41) is 0. The van der Waals surface area contributed by atoms with Gasteiger partial charge in [-0.3, -0.25) is 0 Å². The summed E-state index contributed by atoms with van der Waals surface area (Å²) in [6.07, 6.45) is 12.3. The van der Waals surface area contributed by atoms with E-state index in [4.69, 9.17) is 0 Å². The van der Waals surface area contributed by atoms with Crippen LogP contribution in [0.2, 0.25) is 0 Å². The average molecular weight is 124 g/mol. The van der Waals surface area contributed by atoms with Crippen LogP contribution in [0.25, 0.3) is 0 Å². The van der Waals surface area contributed by atoms with Crippen LogP contribution in [0.3, 0.4) is 0 Å². The largest absolute Gasteiger partial charge is 0.0914 e. The molecule has 0 aliphatic heterocycles. The second-order valence-electron chi connectivity index (χ2n) is 2.06. The monoisotopic (exact) mass is 124 g/mol. The van der Waals surface area contributed by atoms with E-state index in [1.54, 1.807) is 0 Å². The zero-order valence-electron chi connectivity index (χ0n) is 6.43. The van der Waals surface area contributed by atoms with Gasteiger partial charge < -0.3 is 0 Å². The van der Waals surface area contributed by atoms with Gasteiger partial charge >= 0.3 is 0 Å². The maximum atomic E-state index is 2.24. The molecule has 0 bridgehead atoms. The van der Waals surface area contributed by atoms with Crippen LogP contribution in [0, 0.1) is 0 Å². The summed E-state index contributed by atoms with van der Waals surface area (Å²) >= 11 is 0. The smallest absolute Gasteiger partial charge is 0.0169 e.